The molecule has 13 heteroatoms. The number of phosphoric acid groups is 1. The summed E-state index contributed by atoms with van der Waals surface area (Å²) in [5, 5.41) is 0. The van der Waals surface area contributed by atoms with E-state index < -0.39 is 62.9 Å². The minimum Gasteiger partial charge on any atom is -0.463 e. The third kappa shape index (κ3) is 10.5. The molecule has 2 aromatic carbocycles. The fourth-order valence-corrected chi connectivity index (χ4v) is 5.57. The van der Waals surface area contributed by atoms with Gasteiger partial charge in [-0.15, -0.1) is 0 Å². The van der Waals surface area contributed by atoms with Gasteiger partial charge in [0.15, 0.2) is 12.4 Å². The number of ether oxygens (including phenoxy) is 4. The number of ketones is 1. The van der Waals surface area contributed by atoms with Gasteiger partial charge in [-0.25, -0.2) is 4.57 Å². The van der Waals surface area contributed by atoms with Gasteiger partial charge in [-0.2, -0.15) is 0 Å². The molecule has 5 unspecified atom stereocenters. The quantitative estimate of drug-likeness (QED) is 0.171. The van der Waals surface area contributed by atoms with Crippen LogP contribution in [0, 0.1) is 5.92 Å². The van der Waals surface area contributed by atoms with Gasteiger partial charge in [-0.3, -0.25) is 28.0 Å². The van der Waals surface area contributed by atoms with Crippen molar-refractivity contribution in [2.45, 2.75) is 71.9 Å². The number of esters is 3. The summed E-state index contributed by atoms with van der Waals surface area (Å²) < 4.78 is 53.5. The fraction of sp³-hybridized carbons (Fsp3) is 0.448. The predicted molar refractivity (Wildman–Crippen MR) is 146 cm³/mol. The number of carbonyl (C=O) groups excluding carboxylic acids is 4. The van der Waals surface area contributed by atoms with Gasteiger partial charge in [-0.1, -0.05) is 60.7 Å². The highest BCUT2D eigenvalue weighted by atomic mass is 31.2. The zero-order valence-electron chi connectivity index (χ0n) is 23.8. The summed E-state index contributed by atoms with van der Waals surface area (Å²) >= 11 is 0. The van der Waals surface area contributed by atoms with Crippen LogP contribution in [0.1, 0.15) is 45.2 Å². The van der Waals surface area contributed by atoms with Gasteiger partial charge in [0.25, 0.3) is 0 Å². The zero-order valence-corrected chi connectivity index (χ0v) is 24.7. The molecule has 0 bridgehead atoms. The second-order valence-corrected chi connectivity index (χ2v) is 11.3. The number of benzene rings is 2. The van der Waals surface area contributed by atoms with Crippen LogP contribution >= 0.6 is 7.82 Å². The first-order valence-corrected chi connectivity index (χ1v) is 14.7. The van der Waals surface area contributed by atoms with Crippen LogP contribution in [0.25, 0.3) is 0 Å². The van der Waals surface area contributed by atoms with Crippen LogP contribution in [-0.4, -0.2) is 54.9 Å². The van der Waals surface area contributed by atoms with Gasteiger partial charge in [0, 0.05) is 27.2 Å². The van der Waals surface area contributed by atoms with E-state index >= 15 is 0 Å². The van der Waals surface area contributed by atoms with Crippen LogP contribution in [0.5, 0.6) is 0 Å². The molecule has 1 heterocycles. The van der Waals surface area contributed by atoms with E-state index in [2.05, 4.69) is 0 Å². The molecule has 12 nitrogen and oxygen atoms in total. The maximum atomic E-state index is 14.1. The minimum atomic E-state index is -4.46. The molecule has 0 amide bonds. The predicted octanol–water partition coefficient (Wildman–Crippen LogP) is 4.29. The molecule has 1 saturated heterocycles. The molecule has 3 rings (SSSR count). The molecule has 5 atom stereocenters. The van der Waals surface area contributed by atoms with Gasteiger partial charge in [0.05, 0.1) is 19.1 Å². The van der Waals surface area contributed by atoms with Crippen molar-refractivity contribution in [1.82, 2.24) is 0 Å². The third-order valence-electron chi connectivity index (χ3n) is 6.05. The second kappa shape index (κ2) is 15.7. The van der Waals surface area contributed by atoms with E-state index in [0.717, 1.165) is 13.8 Å². The second-order valence-electron chi connectivity index (χ2n) is 9.63. The lowest BCUT2D eigenvalue weighted by atomic mass is 9.87. The molecule has 0 spiro atoms. The molecular formula is C29H35O12P. The average molecular weight is 607 g/mol. The summed E-state index contributed by atoms with van der Waals surface area (Å²) in [6.07, 6.45) is -5.64. The van der Waals surface area contributed by atoms with E-state index in [1.807, 2.05) is 12.1 Å². The summed E-state index contributed by atoms with van der Waals surface area (Å²) in [6.45, 7) is 4.00. The highest BCUT2D eigenvalue weighted by Crippen LogP contribution is 2.54. The number of phosphoric ester groups is 1. The third-order valence-corrected chi connectivity index (χ3v) is 7.40. The van der Waals surface area contributed by atoms with E-state index in [1.165, 1.54) is 13.8 Å². The number of rotatable bonds is 14. The lowest BCUT2D eigenvalue weighted by molar-refractivity contribution is -0.274. The molecular weight excluding hydrogens is 571 g/mol. The van der Waals surface area contributed by atoms with Crippen LogP contribution in [-0.2, 0) is 69.5 Å². The molecule has 228 valence electrons. The summed E-state index contributed by atoms with van der Waals surface area (Å²) in [7, 11) is -4.46. The minimum absolute atomic E-state index is 0.155. The van der Waals surface area contributed by atoms with Gasteiger partial charge >= 0.3 is 25.7 Å². The Balaban J connectivity index is 1.98. The van der Waals surface area contributed by atoms with Crippen LogP contribution in [0.3, 0.4) is 0 Å². The molecule has 0 aliphatic carbocycles. The SMILES string of the molecule is CC(=O)CC1C(OP(=O)(OCc2ccccc2)OCc2ccccc2)OC(COC(C)=O)C(OC(C)=O)C1OC(C)=O. The van der Waals surface area contributed by atoms with E-state index in [-0.39, 0.29) is 25.4 Å². The first-order valence-electron chi connectivity index (χ1n) is 13.2. The molecule has 0 saturated carbocycles. The van der Waals surface area contributed by atoms with Crippen molar-refractivity contribution in [3.63, 3.8) is 0 Å². The van der Waals surface area contributed by atoms with Crippen LogP contribution in [0.15, 0.2) is 60.7 Å². The van der Waals surface area contributed by atoms with E-state index in [1.54, 1.807) is 48.5 Å². The summed E-state index contributed by atoms with van der Waals surface area (Å²) in [6, 6.07) is 17.8. The van der Waals surface area contributed by atoms with Crippen molar-refractivity contribution in [3.05, 3.63) is 71.8 Å². The van der Waals surface area contributed by atoms with Gasteiger partial charge in [0.2, 0.25) is 0 Å². The topological polar surface area (TPSA) is 150 Å². The number of hydrogen-bond donors (Lipinski definition) is 0. The zero-order chi connectivity index (χ0) is 30.7. The lowest BCUT2D eigenvalue weighted by Gasteiger charge is -2.45. The molecule has 42 heavy (non-hydrogen) atoms. The molecule has 2 aromatic rings. The van der Waals surface area contributed by atoms with E-state index in [4.69, 9.17) is 32.5 Å². The van der Waals surface area contributed by atoms with Crippen molar-refractivity contribution in [2.24, 2.45) is 5.92 Å². The maximum Gasteiger partial charge on any atom is 0.477 e. The van der Waals surface area contributed by atoms with E-state index in [0.29, 0.717) is 11.1 Å². The number of Topliss-reactive ketones (excluding diaryl/α,β-unsaturated/α-hetero) is 1. The van der Waals surface area contributed by atoms with E-state index in [9.17, 15) is 23.7 Å². The molecule has 0 radical (unpaired) electrons. The fourth-order valence-electron chi connectivity index (χ4n) is 4.30. The highest BCUT2D eigenvalue weighted by Gasteiger charge is 2.53. The van der Waals surface area contributed by atoms with Crippen molar-refractivity contribution in [3.8, 4) is 0 Å². The molecule has 1 aliphatic heterocycles. The van der Waals surface area contributed by atoms with Crippen molar-refractivity contribution >= 4 is 31.5 Å². The smallest absolute Gasteiger partial charge is 0.463 e. The van der Waals surface area contributed by atoms with Gasteiger partial charge < -0.3 is 23.7 Å². The Bertz CT molecular complexity index is 1200. The van der Waals surface area contributed by atoms with Crippen LogP contribution in [0.4, 0.5) is 0 Å². The lowest BCUT2D eigenvalue weighted by Crippen LogP contribution is -2.59. The summed E-state index contributed by atoms with van der Waals surface area (Å²) in [5.41, 5.74) is 1.35. The monoisotopic (exact) mass is 606 g/mol. The van der Waals surface area contributed by atoms with Crippen molar-refractivity contribution < 1.29 is 56.3 Å². The number of hydrogen-bond acceptors (Lipinski definition) is 12. The molecule has 1 fully saturated rings. The van der Waals surface area contributed by atoms with Crippen molar-refractivity contribution in [1.29, 1.82) is 0 Å². The average Bonchev–Trinajstić information content (AvgIpc) is 2.93. The molecule has 1 aliphatic rings. The Labute approximate surface area is 244 Å². The van der Waals surface area contributed by atoms with Gasteiger partial charge in [-0.05, 0) is 18.1 Å². The van der Waals surface area contributed by atoms with Crippen LogP contribution < -0.4 is 0 Å². The Kier molecular flexibility index (Phi) is 12.4. The standard InChI is InChI=1S/C29H35O12P/c1-19(30)15-25-27(38-21(3)32)28(39-22(4)33)26(18-35-20(2)31)40-29(25)41-42(34,36-16-23-11-7-5-8-12-23)37-17-24-13-9-6-10-14-24/h5-14,25-29H,15-18H2,1-4H3. The maximum absolute atomic E-state index is 14.1. The van der Waals surface area contributed by atoms with Crippen LogP contribution in [0.2, 0.25) is 0 Å². The Morgan fingerprint density at radius 1 is 0.738 bits per heavy atom. The highest BCUT2D eigenvalue weighted by molar-refractivity contribution is 7.48. The number of carbonyl (C=O) groups is 4. The normalized spacial score (nSPS) is 22.1. The molecule has 0 aromatic heterocycles. The molecule has 0 N–H and O–H groups in total. The van der Waals surface area contributed by atoms with Gasteiger partial charge in [0.1, 0.15) is 24.6 Å². The Morgan fingerprint density at radius 3 is 1.69 bits per heavy atom. The Morgan fingerprint density at radius 2 is 1.24 bits per heavy atom. The summed E-state index contributed by atoms with van der Waals surface area (Å²) in [5.74, 6) is -3.60. The summed E-state index contributed by atoms with van der Waals surface area (Å²) in [4.78, 5) is 48.1. The van der Waals surface area contributed by atoms with Crippen molar-refractivity contribution in [2.75, 3.05) is 6.61 Å². The first kappa shape index (κ1) is 33.1. The largest absolute Gasteiger partial charge is 0.477 e. The first-order chi connectivity index (χ1) is 20.0. The Hall–Kier alpha value is -3.41.